The maximum atomic E-state index is 13.6. The highest BCUT2D eigenvalue weighted by Crippen LogP contribution is 2.26. The summed E-state index contributed by atoms with van der Waals surface area (Å²) in [6.45, 7) is 3.93. The molecule has 1 aliphatic heterocycles. The van der Waals surface area contributed by atoms with Crippen LogP contribution in [0.3, 0.4) is 0 Å². The zero-order chi connectivity index (χ0) is 26.1. The number of hydrogen-bond acceptors (Lipinski definition) is 6. The van der Waals surface area contributed by atoms with Crippen molar-refractivity contribution in [2.24, 2.45) is 12.8 Å². The molecule has 0 aliphatic carbocycles. The number of halogens is 1. The maximum Gasteiger partial charge on any atom is 0.314 e. The molecule has 4 aromatic rings. The molecule has 37 heavy (non-hydrogen) atoms. The summed E-state index contributed by atoms with van der Waals surface area (Å²) in [4.78, 5) is 37.0. The van der Waals surface area contributed by atoms with Crippen molar-refractivity contribution in [1.82, 2.24) is 24.2 Å². The Hall–Kier alpha value is -4.41. The number of carbonyl (C=O) groups is 1. The number of ether oxygens (including phenoxy) is 1. The summed E-state index contributed by atoms with van der Waals surface area (Å²) in [5, 5.41) is 0.577. The zero-order valence-corrected chi connectivity index (χ0v) is 20.7. The Kier molecular flexibility index (Phi) is 6.51. The molecule has 1 unspecified atom stereocenters. The Morgan fingerprint density at radius 1 is 1.08 bits per heavy atom. The van der Waals surface area contributed by atoms with Crippen LogP contribution in [0.1, 0.15) is 12.5 Å². The number of nitrogens with zero attached hydrogens (tertiary/aromatic N) is 6. The van der Waals surface area contributed by atoms with Crippen molar-refractivity contribution in [2.75, 3.05) is 31.1 Å². The molecule has 11 heteroatoms. The molecule has 1 saturated heterocycles. The second-order valence-corrected chi connectivity index (χ2v) is 8.97. The lowest BCUT2D eigenvalue weighted by molar-refractivity contribution is 0.0847. The average molecular weight is 506 g/mol. The van der Waals surface area contributed by atoms with E-state index in [2.05, 4.69) is 9.97 Å². The highest BCUT2D eigenvalue weighted by atomic mass is 19.1. The molecule has 1 atom stereocenters. The Morgan fingerprint density at radius 2 is 1.78 bits per heavy atom. The molecule has 10 nitrogen and oxygen atoms in total. The number of para-hydroxylation sites is 1. The number of hydrogen-bond donors (Lipinski definition) is 1. The van der Waals surface area contributed by atoms with Crippen LogP contribution in [0, 0.1) is 0 Å². The Balaban J connectivity index is 1.43. The summed E-state index contributed by atoms with van der Waals surface area (Å²) >= 11 is 0. The molecule has 0 bridgehead atoms. The smallest absolute Gasteiger partial charge is 0.314 e. The van der Waals surface area contributed by atoms with Crippen LogP contribution >= 0.6 is 0 Å². The molecule has 2 aromatic carbocycles. The van der Waals surface area contributed by atoms with Crippen molar-refractivity contribution in [3.05, 3.63) is 70.8 Å². The van der Waals surface area contributed by atoms with E-state index in [1.54, 1.807) is 47.2 Å². The fraction of sp³-hybridized carbons (Fsp3) is 0.308. The van der Waals surface area contributed by atoms with Gasteiger partial charge in [-0.05, 0) is 23.8 Å². The highest BCUT2D eigenvalue weighted by Gasteiger charge is 2.21. The van der Waals surface area contributed by atoms with Crippen LogP contribution in [0.5, 0.6) is 5.75 Å². The number of fused-ring (bicyclic) bond motifs is 1. The van der Waals surface area contributed by atoms with Crippen molar-refractivity contribution >= 4 is 22.9 Å². The number of urea groups is 1. The average Bonchev–Trinajstić information content (AvgIpc) is 3.14. The van der Waals surface area contributed by atoms with Gasteiger partial charge in [0, 0.05) is 63.7 Å². The van der Waals surface area contributed by atoms with Gasteiger partial charge in [-0.1, -0.05) is 24.3 Å². The summed E-state index contributed by atoms with van der Waals surface area (Å²) in [5.74, 6) is 1.02. The number of primary amides is 1. The molecule has 0 radical (unpaired) electrons. The van der Waals surface area contributed by atoms with Gasteiger partial charge in [0.25, 0.3) is 5.56 Å². The Bertz CT molecular complexity index is 1490. The van der Waals surface area contributed by atoms with Gasteiger partial charge in [-0.3, -0.25) is 14.2 Å². The minimum atomic E-state index is -1.45. The first-order valence-corrected chi connectivity index (χ1v) is 12.0. The molecule has 1 fully saturated rings. The SMILES string of the molecule is CC(F)Oc1ccccc1Cn1c2cc(-c3cnc(N4CCN(C(N)=O)CC4)nc3)ccc2c(=O)n1C. The third-order valence-electron chi connectivity index (χ3n) is 6.59. The number of rotatable bonds is 6. The Labute approximate surface area is 212 Å². The van der Waals surface area contributed by atoms with Crippen LogP contribution in [0.25, 0.3) is 22.0 Å². The summed E-state index contributed by atoms with van der Waals surface area (Å²) in [7, 11) is 1.71. The van der Waals surface area contributed by atoms with Crippen LogP contribution in [0.15, 0.2) is 59.7 Å². The van der Waals surface area contributed by atoms with E-state index < -0.39 is 12.4 Å². The van der Waals surface area contributed by atoms with Gasteiger partial charge >= 0.3 is 6.03 Å². The largest absolute Gasteiger partial charge is 0.460 e. The van der Waals surface area contributed by atoms with Gasteiger partial charge in [0.1, 0.15) is 5.75 Å². The van der Waals surface area contributed by atoms with Crippen molar-refractivity contribution in [1.29, 1.82) is 0 Å². The lowest BCUT2D eigenvalue weighted by Gasteiger charge is -2.33. The van der Waals surface area contributed by atoms with Crippen LogP contribution in [0.2, 0.25) is 0 Å². The lowest BCUT2D eigenvalue weighted by atomic mass is 10.1. The second kappa shape index (κ2) is 9.92. The lowest BCUT2D eigenvalue weighted by Crippen LogP contribution is -2.50. The minimum Gasteiger partial charge on any atom is -0.460 e. The van der Waals surface area contributed by atoms with Crippen LogP contribution in [-0.4, -0.2) is 62.8 Å². The predicted molar refractivity (Wildman–Crippen MR) is 138 cm³/mol. The third kappa shape index (κ3) is 4.84. The normalized spacial score (nSPS) is 14.7. The summed E-state index contributed by atoms with van der Waals surface area (Å²) in [6.07, 6.45) is 2.05. The number of nitrogens with two attached hydrogens (primary N) is 1. The van der Waals surface area contributed by atoms with E-state index in [0.29, 0.717) is 49.8 Å². The molecular weight excluding hydrogens is 477 g/mol. The fourth-order valence-electron chi connectivity index (χ4n) is 4.59. The van der Waals surface area contributed by atoms with E-state index in [0.717, 1.165) is 22.2 Å². The molecule has 192 valence electrons. The van der Waals surface area contributed by atoms with Crippen molar-refractivity contribution in [3.63, 3.8) is 0 Å². The first kappa shape index (κ1) is 24.3. The number of anilines is 1. The zero-order valence-electron chi connectivity index (χ0n) is 20.7. The number of benzene rings is 2. The van der Waals surface area contributed by atoms with Crippen LogP contribution in [-0.2, 0) is 13.6 Å². The molecule has 3 heterocycles. The van der Waals surface area contributed by atoms with E-state index in [-0.39, 0.29) is 5.56 Å². The Morgan fingerprint density at radius 3 is 2.46 bits per heavy atom. The number of alkyl halides is 1. The summed E-state index contributed by atoms with van der Waals surface area (Å²) in [5.41, 5.74) is 8.39. The van der Waals surface area contributed by atoms with Crippen molar-refractivity contribution < 1.29 is 13.9 Å². The van der Waals surface area contributed by atoms with E-state index in [1.807, 2.05) is 33.8 Å². The summed E-state index contributed by atoms with van der Waals surface area (Å²) in [6, 6.07) is 12.4. The van der Waals surface area contributed by atoms with Gasteiger partial charge in [0.2, 0.25) is 12.3 Å². The number of amides is 2. The molecule has 0 saturated carbocycles. The van der Waals surface area contributed by atoms with Gasteiger partial charge in [-0.25, -0.2) is 19.2 Å². The van der Waals surface area contributed by atoms with E-state index in [9.17, 15) is 14.0 Å². The van der Waals surface area contributed by atoms with Gasteiger partial charge in [-0.15, -0.1) is 0 Å². The standard InChI is InChI=1S/C26H28FN7O3/c1-17(27)37-23-6-4-3-5-19(23)16-34-22-13-18(7-8-21(22)24(35)31(34)2)20-14-29-26(30-15-20)33-11-9-32(10-12-33)25(28)36/h3-8,13-15,17H,9-12,16H2,1-2H3,(H2,28,36). The highest BCUT2D eigenvalue weighted by molar-refractivity contribution is 5.84. The molecule has 1 aliphatic rings. The molecule has 0 spiro atoms. The van der Waals surface area contributed by atoms with E-state index in [4.69, 9.17) is 10.5 Å². The quantitative estimate of drug-likeness (QED) is 0.431. The third-order valence-corrected chi connectivity index (χ3v) is 6.59. The van der Waals surface area contributed by atoms with Gasteiger partial charge in [-0.2, -0.15) is 0 Å². The van der Waals surface area contributed by atoms with Gasteiger partial charge in [0.15, 0.2) is 0 Å². The maximum absolute atomic E-state index is 13.6. The topological polar surface area (TPSA) is 112 Å². The molecule has 2 amide bonds. The monoisotopic (exact) mass is 505 g/mol. The van der Waals surface area contributed by atoms with Crippen molar-refractivity contribution in [3.8, 4) is 16.9 Å². The van der Waals surface area contributed by atoms with E-state index >= 15 is 0 Å². The second-order valence-electron chi connectivity index (χ2n) is 8.97. The number of piperazine rings is 1. The molecule has 5 rings (SSSR count). The summed E-state index contributed by atoms with van der Waals surface area (Å²) < 4.78 is 22.3. The van der Waals surface area contributed by atoms with Crippen LogP contribution < -0.4 is 20.9 Å². The fourth-order valence-corrected chi connectivity index (χ4v) is 4.59. The van der Waals surface area contributed by atoms with Crippen molar-refractivity contribution in [2.45, 2.75) is 19.8 Å². The minimum absolute atomic E-state index is 0.125. The van der Waals surface area contributed by atoms with Crippen LogP contribution in [0.4, 0.5) is 15.1 Å². The van der Waals surface area contributed by atoms with E-state index in [1.165, 1.54) is 6.92 Å². The van der Waals surface area contributed by atoms with Gasteiger partial charge in [0.05, 0.1) is 17.4 Å². The predicted octanol–water partition coefficient (Wildman–Crippen LogP) is 2.74. The first-order chi connectivity index (χ1) is 17.8. The number of aromatic nitrogens is 4. The number of carbonyl (C=O) groups excluding carboxylic acids is 1. The molecule has 2 N–H and O–H groups in total. The molecular formula is C26H28FN7O3. The molecule has 2 aromatic heterocycles. The van der Waals surface area contributed by atoms with Gasteiger partial charge < -0.3 is 20.3 Å². The first-order valence-electron chi connectivity index (χ1n) is 12.0.